The lowest BCUT2D eigenvalue weighted by Crippen LogP contribution is -2.49. The largest absolute Gasteiger partial charge is 0.336 e. The van der Waals surface area contributed by atoms with E-state index in [0.717, 1.165) is 0 Å². The maximum absolute atomic E-state index is 11.7. The Bertz CT molecular complexity index is 323. The van der Waals surface area contributed by atoms with E-state index in [9.17, 15) is 4.79 Å². The van der Waals surface area contributed by atoms with Crippen LogP contribution >= 0.6 is 0 Å². The highest BCUT2D eigenvalue weighted by atomic mass is 16.7. The third-order valence-corrected chi connectivity index (χ3v) is 2.06. The number of ether oxygens (including phenoxy) is 2. The summed E-state index contributed by atoms with van der Waals surface area (Å²) in [4.78, 5) is 15.5. The third-order valence-electron chi connectivity index (χ3n) is 2.06. The van der Waals surface area contributed by atoms with Gasteiger partial charge in [0.1, 0.15) is 0 Å². The molecule has 1 rings (SSSR count). The topological polar surface area (TPSA) is 60.5 Å². The number of amides is 1. The average Bonchev–Trinajstić information content (AvgIpc) is 2.30. The molecule has 0 aliphatic rings. The summed E-state index contributed by atoms with van der Waals surface area (Å²) in [7, 11) is 2.91. The highest BCUT2D eigenvalue weighted by molar-refractivity contribution is 5.94. The van der Waals surface area contributed by atoms with E-state index in [1.165, 1.54) is 14.2 Å². The Balaban J connectivity index is 2.72. The first-order valence-electron chi connectivity index (χ1n) is 4.44. The fourth-order valence-corrected chi connectivity index (χ4v) is 0.967. The van der Waals surface area contributed by atoms with Crippen LogP contribution in [0.25, 0.3) is 0 Å². The summed E-state index contributed by atoms with van der Waals surface area (Å²) in [5.74, 6) is -1.39. The zero-order valence-corrected chi connectivity index (χ0v) is 8.98. The number of nitrogens with zero attached hydrogens (tertiary/aromatic N) is 1. The van der Waals surface area contributed by atoms with Crippen molar-refractivity contribution >= 4 is 5.91 Å². The van der Waals surface area contributed by atoms with Gasteiger partial charge in [0.15, 0.2) is 0 Å². The molecule has 0 radical (unpaired) electrons. The fourth-order valence-electron chi connectivity index (χ4n) is 0.967. The van der Waals surface area contributed by atoms with Gasteiger partial charge in [-0.2, -0.15) is 0 Å². The Morgan fingerprint density at radius 1 is 1.33 bits per heavy atom. The van der Waals surface area contributed by atoms with Gasteiger partial charge < -0.3 is 14.8 Å². The second-order valence-corrected chi connectivity index (χ2v) is 3.04. The molecule has 0 bridgehead atoms. The Hall–Kier alpha value is -1.46. The van der Waals surface area contributed by atoms with Gasteiger partial charge in [0.05, 0.1) is 0 Å². The number of carbonyl (C=O) groups is 1. The quantitative estimate of drug-likeness (QED) is 0.746. The second-order valence-electron chi connectivity index (χ2n) is 3.04. The van der Waals surface area contributed by atoms with E-state index >= 15 is 0 Å². The van der Waals surface area contributed by atoms with Gasteiger partial charge in [-0.05, 0) is 12.1 Å². The van der Waals surface area contributed by atoms with Crippen LogP contribution in [0.3, 0.4) is 0 Å². The predicted molar refractivity (Wildman–Crippen MR) is 54.1 cm³/mol. The van der Waals surface area contributed by atoms with E-state index in [2.05, 4.69) is 10.3 Å². The van der Waals surface area contributed by atoms with Crippen molar-refractivity contribution in [2.45, 2.75) is 12.8 Å². The molecular weight excluding hydrogens is 196 g/mol. The molecule has 5 heteroatoms. The summed E-state index contributed by atoms with van der Waals surface area (Å²) in [6, 6.07) is 3.22. The van der Waals surface area contributed by atoms with E-state index in [0.29, 0.717) is 5.56 Å². The number of pyridine rings is 1. The summed E-state index contributed by atoms with van der Waals surface area (Å²) < 4.78 is 10.0. The molecule has 5 nitrogen and oxygen atoms in total. The normalized spacial score (nSPS) is 11.1. The highest BCUT2D eigenvalue weighted by Gasteiger charge is 2.25. The molecule has 0 atom stereocenters. The molecule has 0 aliphatic heterocycles. The number of hydrogen-bond acceptors (Lipinski definition) is 4. The molecule has 0 aromatic carbocycles. The molecule has 1 aromatic rings. The third kappa shape index (κ3) is 3.00. The van der Waals surface area contributed by atoms with Crippen molar-refractivity contribution < 1.29 is 14.3 Å². The minimum absolute atomic E-state index is 0.274. The van der Waals surface area contributed by atoms with Crippen LogP contribution in [0.2, 0.25) is 0 Å². The van der Waals surface area contributed by atoms with E-state index in [4.69, 9.17) is 9.47 Å². The molecule has 0 fully saturated rings. The Morgan fingerprint density at radius 2 is 1.87 bits per heavy atom. The van der Waals surface area contributed by atoms with Crippen LogP contribution < -0.4 is 5.32 Å². The zero-order chi connectivity index (χ0) is 11.3. The molecule has 82 valence electrons. The van der Waals surface area contributed by atoms with Crippen LogP contribution in [0.5, 0.6) is 0 Å². The summed E-state index contributed by atoms with van der Waals surface area (Å²) in [5, 5.41) is 2.60. The lowest BCUT2D eigenvalue weighted by molar-refractivity contribution is -0.206. The number of methoxy groups -OCH3 is 2. The van der Waals surface area contributed by atoms with Crippen molar-refractivity contribution in [2.75, 3.05) is 14.2 Å². The first kappa shape index (κ1) is 11.6. The molecule has 0 saturated heterocycles. The van der Waals surface area contributed by atoms with E-state index < -0.39 is 5.91 Å². The number of rotatable bonds is 4. The van der Waals surface area contributed by atoms with Gasteiger partial charge in [-0.15, -0.1) is 0 Å². The molecule has 1 heterocycles. The first-order chi connectivity index (χ1) is 7.11. The molecule has 0 saturated carbocycles. The summed E-state index contributed by atoms with van der Waals surface area (Å²) in [6.07, 6.45) is 3.09. The smallest absolute Gasteiger partial charge is 0.255 e. The van der Waals surface area contributed by atoms with Crippen molar-refractivity contribution in [3.05, 3.63) is 30.1 Å². The summed E-state index contributed by atoms with van der Waals surface area (Å²) >= 11 is 0. The molecule has 15 heavy (non-hydrogen) atoms. The van der Waals surface area contributed by atoms with Crippen molar-refractivity contribution in [1.82, 2.24) is 10.3 Å². The van der Waals surface area contributed by atoms with Gasteiger partial charge in [-0.25, -0.2) is 0 Å². The number of aromatic nitrogens is 1. The minimum atomic E-state index is -1.11. The monoisotopic (exact) mass is 210 g/mol. The van der Waals surface area contributed by atoms with Gasteiger partial charge in [0.2, 0.25) is 5.91 Å². The van der Waals surface area contributed by atoms with Gasteiger partial charge in [-0.1, -0.05) is 0 Å². The van der Waals surface area contributed by atoms with Crippen molar-refractivity contribution in [3.8, 4) is 0 Å². The van der Waals surface area contributed by atoms with Crippen LogP contribution in [-0.2, 0) is 9.47 Å². The van der Waals surface area contributed by atoms with Gasteiger partial charge in [-0.3, -0.25) is 9.78 Å². The predicted octanol–water partition coefficient (Wildman–Crippen LogP) is 0.778. The van der Waals surface area contributed by atoms with Gasteiger partial charge in [0, 0.05) is 39.1 Å². The number of nitrogens with one attached hydrogen (secondary N) is 1. The Morgan fingerprint density at radius 3 is 2.33 bits per heavy atom. The van der Waals surface area contributed by atoms with E-state index in [-0.39, 0.29) is 5.91 Å². The molecule has 0 unspecified atom stereocenters. The first-order valence-corrected chi connectivity index (χ1v) is 4.44. The van der Waals surface area contributed by atoms with Crippen LogP contribution in [-0.4, -0.2) is 31.0 Å². The van der Waals surface area contributed by atoms with Crippen LogP contribution in [0.1, 0.15) is 17.3 Å². The molecular formula is C10H14N2O3. The Kier molecular flexibility index (Phi) is 3.76. The summed E-state index contributed by atoms with van der Waals surface area (Å²) in [5.41, 5.74) is 0.505. The molecule has 1 N–H and O–H groups in total. The lowest BCUT2D eigenvalue weighted by Gasteiger charge is -2.26. The van der Waals surface area contributed by atoms with Crippen molar-refractivity contribution in [2.24, 2.45) is 0 Å². The Labute approximate surface area is 88.4 Å². The maximum atomic E-state index is 11.7. The van der Waals surface area contributed by atoms with Crippen molar-refractivity contribution in [1.29, 1.82) is 0 Å². The fraction of sp³-hybridized carbons (Fsp3) is 0.400. The summed E-state index contributed by atoms with van der Waals surface area (Å²) in [6.45, 7) is 1.62. The molecule has 0 spiro atoms. The van der Waals surface area contributed by atoms with Crippen LogP contribution in [0, 0.1) is 0 Å². The molecule has 1 amide bonds. The molecule has 0 aliphatic carbocycles. The van der Waals surface area contributed by atoms with E-state index in [1.54, 1.807) is 31.5 Å². The molecule has 1 aromatic heterocycles. The standard InChI is InChI=1S/C10H14N2O3/c1-10(14-2,15-3)12-9(13)8-4-6-11-7-5-8/h4-7H,1-3H3,(H,12,13). The highest BCUT2D eigenvalue weighted by Crippen LogP contribution is 2.07. The van der Waals surface area contributed by atoms with E-state index in [1.807, 2.05) is 0 Å². The second kappa shape index (κ2) is 4.86. The van der Waals surface area contributed by atoms with Gasteiger partial charge >= 0.3 is 0 Å². The lowest BCUT2D eigenvalue weighted by atomic mass is 10.2. The number of hydrogen-bond donors (Lipinski definition) is 1. The minimum Gasteiger partial charge on any atom is -0.336 e. The SMILES string of the molecule is COC(C)(NC(=O)c1ccncc1)OC. The number of carbonyl (C=O) groups excluding carboxylic acids is 1. The zero-order valence-electron chi connectivity index (χ0n) is 8.98. The van der Waals surface area contributed by atoms with Crippen molar-refractivity contribution in [3.63, 3.8) is 0 Å². The van der Waals surface area contributed by atoms with Crippen LogP contribution in [0.4, 0.5) is 0 Å². The average molecular weight is 210 g/mol. The maximum Gasteiger partial charge on any atom is 0.255 e. The van der Waals surface area contributed by atoms with Crippen LogP contribution in [0.15, 0.2) is 24.5 Å². The van der Waals surface area contributed by atoms with Gasteiger partial charge in [0.25, 0.3) is 5.91 Å².